The van der Waals surface area contributed by atoms with Crippen molar-refractivity contribution in [3.05, 3.63) is 35.9 Å². The molecular weight excluding hydrogens is 358 g/mol. The van der Waals surface area contributed by atoms with Gasteiger partial charge in [-0.1, -0.05) is 18.2 Å². The van der Waals surface area contributed by atoms with Gasteiger partial charge in [-0.05, 0) is 58.6 Å². The second kappa shape index (κ2) is 8.31. The van der Waals surface area contributed by atoms with E-state index in [0.717, 1.165) is 19.4 Å². The summed E-state index contributed by atoms with van der Waals surface area (Å²) in [4.78, 5) is 38.6. The standard InChI is InChI=1S/C21H29N3O4/c1-21(2,3)28-20(27)17-12-8-14-23-13-7-11-16(19(26)24(17)23)22-18(25)15-9-5-4-6-10-15/h4-6,9-10,16-17H,7-8,11-14H2,1-3H3,(H,22,25)/t16?,17-/m0/s1. The van der Waals surface area contributed by atoms with E-state index in [0.29, 0.717) is 24.9 Å². The van der Waals surface area contributed by atoms with Crippen LogP contribution >= 0.6 is 0 Å². The van der Waals surface area contributed by atoms with Crippen molar-refractivity contribution in [3.63, 3.8) is 0 Å². The third kappa shape index (κ3) is 4.70. The number of hydrogen-bond acceptors (Lipinski definition) is 5. The number of carbonyl (C=O) groups is 3. The highest BCUT2D eigenvalue weighted by atomic mass is 16.6. The molecule has 0 radical (unpaired) electrons. The molecule has 0 saturated carbocycles. The molecule has 1 N–H and O–H groups in total. The van der Waals surface area contributed by atoms with Crippen molar-refractivity contribution in [1.29, 1.82) is 0 Å². The van der Waals surface area contributed by atoms with E-state index in [4.69, 9.17) is 4.74 Å². The van der Waals surface area contributed by atoms with Crippen molar-refractivity contribution in [2.75, 3.05) is 13.1 Å². The fraction of sp³-hybridized carbons (Fsp3) is 0.571. The third-order valence-electron chi connectivity index (χ3n) is 4.95. The lowest BCUT2D eigenvalue weighted by Crippen LogP contribution is -2.61. The minimum atomic E-state index is -0.652. The molecule has 2 saturated heterocycles. The van der Waals surface area contributed by atoms with E-state index in [9.17, 15) is 14.4 Å². The molecular formula is C21H29N3O4. The Kier molecular flexibility index (Phi) is 6.03. The number of hydrazine groups is 1. The van der Waals surface area contributed by atoms with Crippen molar-refractivity contribution in [2.45, 2.75) is 64.1 Å². The highest BCUT2D eigenvalue weighted by Crippen LogP contribution is 2.26. The van der Waals surface area contributed by atoms with Crippen molar-refractivity contribution in [1.82, 2.24) is 15.3 Å². The number of rotatable bonds is 3. The Bertz CT molecular complexity index is 729. The van der Waals surface area contributed by atoms with Crippen LogP contribution in [0, 0.1) is 0 Å². The van der Waals surface area contributed by atoms with Gasteiger partial charge in [-0.15, -0.1) is 0 Å². The smallest absolute Gasteiger partial charge is 0.331 e. The number of fused-ring (bicyclic) bond motifs is 1. The topological polar surface area (TPSA) is 79.0 Å². The second-order valence-electron chi connectivity index (χ2n) is 8.36. The summed E-state index contributed by atoms with van der Waals surface area (Å²) in [5.41, 5.74) is -0.103. The van der Waals surface area contributed by atoms with Gasteiger partial charge in [0, 0.05) is 18.7 Å². The van der Waals surface area contributed by atoms with E-state index in [1.807, 2.05) is 31.8 Å². The van der Waals surface area contributed by atoms with Crippen LogP contribution in [-0.2, 0) is 14.3 Å². The second-order valence-corrected chi connectivity index (χ2v) is 8.36. The molecule has 0 aliphatic carbocycles. The molecule has 7 nitrogen and oxygen atoms in total. The van der Waals surface area contributed by atoms with Crippen LogP contribution in [0.5, 0.6) is 0 Å². The van der Waals surface area contributed by atoms with E-state index in [-0.39, 0.29) is 17.8 Å². The first-order valence-corrected chi connectivity index (χ1v) is 9.93. The number of nitrogens with zero attached hydrogens (tertiary/aromatic N) is 2. The zero-order valence-corrected chi connectivity index (χ0v) is 16.8. The first-order valence-electron chi connectivity index (χ1n) is 9.93. The fourth-order valence-electron chi connectivity index (χ4n) is 3.72. The van der Waals surface area contributed by atoms with Crippen LogP contribution in [-0.4, -0.2) is 58.6 Å². The van der Waals surface area contributed by atoms with Crippen LogP contribution in [0.2, 0.25) is 0 Å². The average molecular weight is 387 g/mol. The molecule has 7 heteroatoms. The summed E-state index contributed by atoms with van der Waals surface area (Å²) in [6, 6.07) is 7.55. The van der Waals surface area contributed by atoms with Gasteiger partial charge in [0.15, 0.2) is 0 Å². The number of esters is 1. The molecule has 0 bridgehead atoms. The van der Waals surface area contributed by atoms with E-state index in [2.05, 4.69) is 5.32 Å². The molecule has 0 spiro atoms. The van der Waals surface area contributed by atoms with Gasteiger partial charge in [0.05, 0.1) is 0 Å². The number of carbonyl (C=O) groups excluding carboxylic acids is 3. The van der Waals surface area contributed by atoms with E-state index in [1.54, 1.807) is 29.3 Å². The largest absolute Gasteiger partial charge is 0.458 e. The summed E-state index contributed by atoms with van der Waals surface area (Å²) in [6.07, 6.45) is 2.71. The summed E-state index contributed by atoms with van der Waals surface area (Å²) in [7, 11) is 0. The first-order chi connectivity index (χ1) is 13.3. The Morgan fingerprint density at radius 2 is 1.71 bits per heavy atom. The van der Waals surface area contributed by atoms with Gasteiger partial charge in [-0.3, -0.25) is 14.6 Å². The Morgan fingerprint density at radius 1 is 1.07 bits per heavy atom. The quantitative estimate of drug-likeness (QED) is 0.804. The van der Waals surface area contributed by atoms with Crippen LogP contribution < -0.4 is 5.32 Å². The number of hydrogen-bond donors (Lipinski definition) is 1. The van der Waals surface area contributed by atoms with Gasteiger partial charge in [-0.25, -0.2) is 9.80 Å². The maximum atomic E-state index is 13.3. The number of nitrogens with one attached hydrogen (secondary N) is 1. The molecule has 2 heterocycles. The number of benzene rings is 1. The molecule has 152 valence electrons. The number of amides is 2. The SMILES string of the molecule is CC(C)(C)OC(=O)[C@@H]1CCCN2CCCC(NC(=O)c3ccccc3)C(=O)N12. The van der Waals surface area contributed by atoms with Gasteiger partial charge in [-0.2, -0.15) is 0 Å². The Labute approximate surface area is 166 Å². The summed E-state index contributed by atoms with van der Waals surface area (Å²) in [5.74, 6) is -0.906. The van der Waals surface area contributed by atoms with Gasteiger partial charge < -0.3 is 10.1 Å². The van der Waals surface area contributed by atoms with E-state index < -0.39 is 17.7 Å². The van der Waals surface area contributed by atoms with Crippen molar-refractivity contribution in [2.24, 2.45) is 0 Å². The molecule has 2 fully saturated rings. The molecule has 1 aromatic rings. The Hall–Kier alpha value is -2.41. The fourth-order valence-corrected chi connectivity index (χ4v) is 3.72. The normalized spacial score (nSPS) is 23.5. The molecule has 1 unspecified atom stereocenters. The van der Waals surface area contributed by atoms with Crippen LogP contribution in [0.1, 0.15) is 56.8 Å². The maximum Gasteiger partial charge on any atom is 0.331 e. The van der Waals surface area contributed by atoms with Gasteiger partial charge >= 0.3 is 5.97 Å². The zero-order valence-electron chi connectivity index (χ0n) is 16.8. The Balaban J connectivity index is 1.78. The van der Waals surface area contributed by atoms with E-state index in [1.165, 1.54) is 0 Å². The molecule has 0 aromatic heterocycles. The minimum Gasteiger partial charge on any atom is -0.458 e. The maximum absolute atomic E-state index is 13.3. The van der Waals surface area contributed by atoms with Gasteiger partial charge in [0.25, 0.3) is 11.8 Å². The summed E-state index contributed by atoms with van der Waals surface area (Å²) in [5, 5.41) is 6.34. The Morgan fingerprint density at radius 3 is 2.36 bits per heavy atom. The molecule has 2 atom stereocenters. The van der Waals surface area contributed by atoms with Crippen LogP contribution in [0.25, 0.3) is 0 Å². The van der Waals surface area contributed by atoms with Crippen LogP contribution in [0.4, 0.5) is 0 Å². The van der Waals surface area contributed by atoms with Crippen LogP contribution in [0.3, 0.4) is 0 Å². The third-order valence-corrected chi connectivity index (χ3v) is 4.95. The monoisotopic (exact) mass is 387 g/mol. The molecule has 28 heavy (non-hydrogen) atoms. The molecule has 2 amide bonds. The lowest BCUT2D eigenvalue weighted by Gasteiger charge is -2.43. The predicted molar refractivity (Wildman–Crippen MR) is 104 cm³/mol. The van der Waals surface area contributed by atoms with Crippen molar-refractivity contribution >= 4 is 17.8 Å². The lowest BCUT2D eigenvalue weighted by molar-refractivity contribution is -0.184. The molecule has 2 aliphatic heterocycles. The van der Waals surface area contributed by atoms with Crippen LogP contribution in [0.15, 0.2) is 30.3 Å². The average Bonchev–Trinajstić information content (AvgIpc) is 2.80. The number of ether oxygens (including phenoxy) is 1. The summed E-state index contributed by atoms with van der Waals surface area (Å²) >= 11 is 0. The minimum absolute atomic E-state index is 0.239. The molecule has 2 aliphatic rings. The highest BCUT2D eigenvalue weighted by Gasteiger charge is 2.43. The van der Waals surface area contributed by atoms with E-state index >= 15 is 0 Å². The predicted octanol–water partition coefficient (Wildman–Crippen LogP) is 2.13. The molecule has 3 rings (SSSR count). The summed E-state index contributed by atoms with van der Waals surface area (Å²) < 4.78 is 5.55. The lowest BCUT2D eigenvalue weighted by atomic mass is 10.1. The van der Waals surface area contributed by atoms with Crippen molar-refractivity contribution in [3.8, 4) is 0 Å². The van der Waals surface area contributed by atoms with Gasteiger partial charge in [0.1, 0.15) is 17.7 Å². The van der Waals surface area contributed by atoms with Gasteiger partial charge in [0.2, 0.25) is 0 Å². The highest BCUT2D eigenvalue weighted by molar-refractivity contribution is 5.98. The van der Waals surface area contributed by atoms with Crippen molar-refractivity contribution < 1.29 is 19.1 Å². The zero-order chi connectivity index (χ0) is 20.3. The summed E-state index contributed by atoms with van der Waals surface area (Å²) in [6.45, 7) is 6.86. The first kappa shape index (κ1) is 20.3. The molecule has 1 aromatic carbocycles.